The Labute approximate surface area is 752 Å². The third-order valence-electron chi connectivity index (χ3n) is 21.5. The maximum atomic E-state index is 14.7. The van der Waals surface area contributed by atoms with Crippen LogP contribution in [0, 0.1) is 62.0 Å². The van der Waals surface area contributed by atoms with Crippen LogP contribution in [0.3, 0.4) is 0 Å². The number of nitrogen functional groups attached to an aromatic ring is 1. The summed E-state index contributed by atoms with van der Waals surface area (Å²) in [6, 6.07) is 62.6. The first-order valence-electron chi connectivity index (χ1n) is 40.8. The molecule has 0 saturated carbocycles. The molecule has 8 aromatic carbocycles. The van der Waals surface area contributed by atoms with E-state index >= 15 is 0 Å². The van der Waals surface area contributed by atoms with Crippen LogP contribution in [-0.2, 0) is 84.0 Å². The Hall–Kier alpha value is -12.8. The quantitative estimate of drug-likeness (QED) is 0.0878. The standard InChI is InChI=1S/C25H23FN4O2S.C25H24N4O2S.C24H23BrFN3O2S.C24H26N4O2S/c1-16-12-18(15-33(31,32)19-8-9-21(22(26)13-19)25(2,3)4)30(29-16)23-10-7-17(14-27)24-20(23)6-5-11-28-24;1-17-14-20(16-32(30,31)21-10-8-19(9-11-21)25(2,3)4)29(28-17)23-12-7-18(15-26)24-22(23)6-5-13-27-24;1-15-12-16(14-32(30,31)17-7-8-19(21(26)13-17)24(2,3)4)29(28-15)22-10-9-20(25)23-18(22)6-5-11-27-23;1-16-14-18(15-31(29,30)19-9-7-17(8-10-19)24(2,3)4)28(27-16)22-12-11-21(25)23-20(22)6-5-13-26-23/h5-13H,15H2,1-4H3;5-14H,16H2,1-4H3;5-13H,14H2,1-4H3;5-14H,15,25H2,1-4H3. The van der Waals surface area contributed by atoms with Gasteiger partial charge in [-0.3, -0.25) is 19.9 Å². The van der Waals surface area contributed by atoms with Gasteiger partial charge in [0.05, 0.1) is 150 Å². The van der Waals surface area contributed by atoms with Crippen LogP contribution in [0.25, 0.3) is 66.4 Å². The van der Waals surface area contributed by atoms with E-state index < -0.39 is 61.8 Å². The summed E-state index contributed by atoms with van der Waals surface area (Å²) in [7, 11) is -14.8. The van der Waals surface area contributed by atoms with Crippen molar-refractivity contribution in [2.24, 2.45) is 0 Å². The number of nitrogens with two attached hydrogens (primary N) is 1. The Bertz CT molecular complexity index is 7580. The summed E-state index contributed by atoms with van der Waals surface area (Å²) in [5.41, 5.74) is 19.8. The second-order valence-electron chi connectivity index (χ2n) is 35.5. The van der Waals surface area contributed by atoms with Crippen LogP contribution in [0.5, 0.6) is 0 Å². The number of rotatable bonds is 16. The van der Waals surface area contributed by atoms with E-state index in [9.17, 15) is 53.0 Å². The molecular formula is C98H96BrF2N15O8S4. The summed E-state index contributed by atoms with van der Waals surface area (Å²) in [6.07, 6.45) is 6.62. The Morgan fingerprint density at radius 1 is 0.344 bits per heavy atom. The van der Waals surface area contributed by atoms with Crippen LogP contribution >= 0.6 is 15.9 Å². The lowest BCUT2D eigenvalue weighted by atomic mass is 9.87. The van der Waals surface area contributed by atoms with E-state index in [1.807, 2.05) is 141 Å². The number of fused-ring (bicyclic) bond motifs is 4. The maximum absolute atomic E-state index is 14.7. The third kappa shape index (κ3) is 20.2. The van der Waals surface area contributed by atoms with Crippen molar-refractivity contribution >= 4 is 105 Å². The third-order valence-corrected chi connectivity index (χ3v) is 28.7. The topological polar surface area (TPSA) is 333 Å². The van der Waals surface area contributed by atoms with E-state index in [0.29, 0.717) is 106 Å². The Morgan fingerprint density at radius 3 is 0.922 bits per heavy atom. The minimum absolute atomic E-state index is 0.0394. The number of nitriles is 2. The molecule has 0 fully saturated rings. The molecule has 656 valence electrons. The van der Waals surface area contributed by atoms with Gasteiger partial charge in [-0.25, -0.2) is 61.2 Å². The van der Waals surface area contributed by atoms with E-state index in [2.05, 4.69) is 110 Å². The lowest BCUT2D eigenvalue weighted by Gasteiger charge is -2.20. The zero-order chi connectivity index (χ0) is 92.7. The van der Waals surface area contributed by atoms with Gasteiger partial charge in [0.15, 0.2) is 39.3 Å². The van der Waals surface area contributed by atoms with Crippen molar-refractivity contribution in [3.8, 4) is 34.9 Å². The number of aryl methyl sites for hydroxylation is 4. The van der Waals surface area contributed by atoms with Crippen LogP contribution in [0.1, 0.15) is 162 Å². The molecule has 23 nitrogen and oxygen atoms in total. The van der Waals surface area contributed by atoms with Gasteiger partial charge in [-0.15, -0.1) is 0 Å². The number of hydrogen-bond donors (Lipinski definition) is 1. The van der Waals surface area contributed by atoms with Crippen molar-refractivity contribution in [1.29, 1.82) is 10.5 Å². The molecule has 0 bridgehead atoms. The SMILES string of the molecule is Cc1cc(CS(=O)(=O)c2ccc(C(C)(C)C)c(F)c2)n(-c2ccc(Br)c3ncccc23)n1.Cc1cc(CS(=O)(=O)c2ccc(C(C)(C)C)c(F)c2)n(-c2ccc(C#N)c3ncccc23)n1.Cc1cc(CS(=O)(=O)c2ccc(C(C)(C)C)cc2)n(-c2ccc(C#N)c3ncccc23)n1.Cc1cc(CS(=O)(=O)c2ccc(C(C)(C)C)cc2)n(-c2ccc(N)c3ncccc23)n1. The highest BCUT2D eigenvalue weighted by molar-refractivity contribution is 9.10. The number of anilines is 1. The fraction of sp³-hybridized carbons (Fsp3) is 0.245. The van der Waals surface area contributed by atoms with Crippen molar-refractivity contribution < 1.29 is 42.5 Å². The molecule has 16 aromatic rings. The first-order valence-corrected chi connectivity index (χ1v) is 48.2. The summed E-state index contributed by atoms with van der Waals surface area (Å²) in [6.45, 7) is 31.1. The highest BCUT2D eigenvalue weighted by Crippen LogP contribution is 2.37. The first-order chi connectivity index (χ1) is 60.1. The molecule has 0 spiro atoms. The molecule has 16 rings (SSSR count). The second-order valence-corrected chi connectivity index (χ2v) is 44.3. The lowest BCUT2D eigenvalue weighted by molar-refractivity contribution is 0.519. The molecule has 0 aliphatic heterocycles. The molecule has 0 unspecified atom stereocenters. The van der Waals surface area contributed by atoms with E-state index in [1.165, 1.54) is 18.2 Å². The summed E-state index contributed by atoms with van der Waals surface area (Å²) < 4.78 is 142. The van der Waals surface area contributed by atoms with Crippen molar-refractivity contribution in [1.82, 2.24) is 59.1 Å². The van der Waals surface area contributed by atoms with Gasteiger partial charge in [0, 0.05) is 50.8 Å². The number of nitrogens with zero attached hydrogens (tertiary/aromatic N) is 14. The van der Waals surface area contributed by atoms with Crippen molar-refractivity contribution in [2.75, 3.05) is 5.73 Å². The minimum atomic E-state index is -3.85. The largest absolute Gasteiger partial charge is 0.397 e. The molecule has 128 heavy (non-hydrogen) atoms. The van der Waals surface area contributed by atoms with Gasteiger partial charge in [-0.2, -0.15) is 30.9 Å². The number of benzene rings is 8. The molecule has 0 atom stereocenters. The summed E-state index contributed by atoms with van der Waals surface area (Å²) in [5.74, 6) is -2.07. The second kappa shape index (κ2) is 36.1. The number of halogens is 3. The summed E-state index contributed by atoms with van der Waals surface area (Å²) in [4.78, 5) is 17.9. The zero-order valence-corrected chi connectivity index (χ0v) is 78.5. The van der Waals surface area contributed by atoms with E-state index in [0.717, 1.165) is 66.5 Å². The molecule has 0 aliphatic carbocycles. The number of hydrogen-bond acceptors (Lipinski definition) is 19. The summed E-state index contributed by atoms with van der Waals surface area (Å²) >= 11 is 3.51. The summed E-state index contributed by atoms with van der Waals surface area (Å²) in [5, 5.41) is 40.0. The fourth-order valence-corrected chi connectivity index (χ4v) is 20.7. The predicted molar refractivity (Wildman–Crippen MR) is 500 cm³/mol. The molecule has 0 amide bonds. The van der Waals surface area contributed by atoms with Gasteiger partial charge in [0.1, 0.15) is 23.8 Å². The van der Waals surface area contributed by atoms with Crippen LogP contribution in [0.2, 0.25) is 0 Å². The van der Waals surface area contributed by atoms with E-state index in [1.54, 1.807) is 148 Å². The normalized spacial score (nSPS) is 12.3. The zero-order valence-electron chi connectivity index (χ0n) is 73.6. The molecular weight excluding hydrogens is 1760 g/mol. The Kier molecular flexibility index (Phi) is 26.2. The number of pyridine rings is 4. The number of aromatic nitrogens is 12. The van der Waals surface area contributed by atoms with Gasteiger partial charge in [-0.05, 0) is 257 Å². The molecule has 8 heterocycles. The molecule has 0 aliphatic rings. The highest BCUT2D eigenvalue weighted by atomic mass is 79.9. The average molecular weight is 1860 g/mol. The fourth-order valence-electron chi connectivity index (χ4n) is 15.0. The van der Waals surface area contributed by atoms with Crippen molar-refractivity contribution in [3.05, 3.63) is 326 Å². The molecule has 2 N–H and O–H groups in total. The monoisotopic (exact) mass is 1860 g/mol. The van der Waals surface area contributed by atoms with Gasteiger partial charge in [0.2, 0.25) is 0 Å². The van der Waals surface area contributed by atoms with Crippen molar-refractivity contribution in [2.45, 2.75) is 175 Å². The van der Waals surface area contributed by atoms with E-state index in [-0.39, 0.29) is 48.5 Å². The lowest BCUT2D eigenvalue weighted by Crippen LogP contribution is -2.15. The smallest absolute Gasteiger partial charge is 0.184 e. The minimum Gasteiger partial charge on any atom is -0.397 e. The Balaban J connectivity index is 0.000000146. The maximum Gasteiger partial charge on any atom is 0.184 e. The first kappa shape index (κ1) is 92.8. The van der Waals surface area contributed by atoms with Crippen LogP contribution in [-0.4, -0.2) is 92.7 Å². The molecule has 0 radical (unpaired) electrons. The van der Waals surface area contributed by atoms with Gasteiger partial charge < -0.3 is 5.73 Å². The highest BCUT2D eigenvalue weighted by Gasteiger charge is 2.30. The van der Waals surface area contributed by atoms with Crippen LogP contribution in [0.4, 0.5) is 14.5 Å². The predicted octanol–water partition coefficient (Wildman–Crippen LogP) is 20.4. The van der Waals surface area contributed by atoms with Crippen molar-refractivity contribution in [3.63, 3.8) is 0 Å². The Morgan fingerprint density at radius 2 is 0.617 bits per heavy atom. The molecule has 8 aromatic heterocycles. The molecule has 0 saturated heterocycles. The average Bonchev–Trinajstić information content (AvgIpc) is 1.63. The van der Waals surface area contributed by atoms with Crippen LogP contribution < -0.4 is 5.73 Å². The van der Waals surface area contributed by atoms with Crippen LogP contribution in [0.15, 0.2) is 255 Å². The number of sulfone groups is 4. The van der Waals surface area contributed by atoms with Gasteiger partial charge >= 0.3 is 0 Å². The molecule has 30 heteroatoms. The van der Waals surface area contributed by atoms with Gasteiger partial charge in [-0.1, -0.05) is 119 Å². The van der Waals surface area contributed by atoms with E-state index in [4.69, 9.17) is 5.73 Å². The van der Waals surface area contributed by atoms with Gasteiger partial charge in [0.25, 0.3) is 0 Å².